The summed E-state index contributed by atoms with van der Waals surface area (Å²) in [6, 6.07) is 6.50. The molecule has 0 saturated heterocycles. The molecule has 1 heterocycles. The van der Waals surface area contributed by atoms with Gasteiger partial charge in [0.25, 0.3) is 5.56 Å². The molecule has 1 atom stereocenters. The fraction of sp³-hybridized carbons (Fsp3) is 0.444. The maximum absolute atomic E-state index is 12.7. The molecule has 8 heteroatoms. The fourth-order valence-corrected chi connectivity index (χ4v) is 3.27. The summed E-state index contributed by atoms with van der Waals surface area (Å²) in [5.74, 6) is -0.445. The average Bonchev–Trinajstić information content (AvgIpc) is 2.59. The van der Waals surface area contributed by atoms with E-state index in [1.165, 1.54) is 0 Å². The van der Waals surface area contributed by atoms with Crippen LogP contribution in [0.1, 0.15) is 40.2 Å². The first kappa shape index (κ1) is 20.0. The number of hydrogen-bond donors (Lipinski definition) is 2. The number of benzene rings is 1. The van der Waals surface area contributed by atoms with Gasteiger partial charge in [0.05, 0.1) is 16.7 Å². The third-order valence-corrected chi connectivity index (χ3v) is 4.82. The van der Waals surface area contributed by atoms with E-state index in [9.17, 15) is 14.4 Å². The van der Waals surface area contributed by atoms with E-state index in [0.29, 0.717) is 16.1 Å². The van der Waals surface area contributed by atoms with E-state index in [1.807, 2.05) is 33.8 Å². The van der Waals surface area contributed by atoms with Crippen LogP contribution in [0.2, 0.25) is 0 Å². The molecule has 0 unspecified atom stereocenters. The molecule has 1 aromatic heterocycles. The number of nitrogens with one attached hydrogen (secondary N) is 2. The first-order valence-electron chi connectivity index (χ1n) is 8.57. The van der Waals surface area contributed by atoms with Crippen molar-refractivity contribution < 1.29 is 9.59 Å². The van der Waals surface area contributed by atoms with Gasteiger partial charge in [0.15, 0.2) is 5.16 Å². The Hall–Kier alpha value is -2.35. The number of nitrogens with zero attached hydrogens (tertiary/aromatic N) is 2. The number of carbonyl (C=O) groups excluding carboxylic acids is 2. The summed E-state index contributed by atoms with van der Waals surface area (Å²) in [7, 11) is 0. The van der Waals surface area contributed by atoms with Gasteiger partial charge in [-0.15, -0.1) is 0 Å². The minimum absolute atomic E-state index is 0.00851. The Kier molecular flexibility index (Phi) is 6.79. The molecular formula is C18H24N4O3S. The van der Waals surface area contributed by atoms with E-state index >= 15 is 0 Å². The monoisotopic (exact) mass is 376 g/mol. The largest absolute Gasteiger partial charge is 0.335 e. The second-order valence-corrected chi connectivity index (χ2v) is 7.24. The molecule has 1 aromatic carbocycles. The van der Waals surface area contributed by atoms with Gasteiger partial charge >= 0.3 is 6.03 Å². The Morgan fingerprint density at radius 1 is 1.23 bits per heavy atom. The van der Waals surface area contributed by atoms with Crippen LogP contribution in [0.15, 0.2) is 34.2 Å². The van der Waals surface area contributed by atoms with E-state index in [2.05, 4.69) is 15.6 Å². The first-order valence-corrected chi connectivity index (χ1v) is 9.56. The lowest BCUT2D eigenvalue weighted by Crippen LogP contribution is -2.44. The second-order valence-electron chi connectivity index (χ2n) is 6.30. The summed E-state index contributed by atoms with van der Waals surface area (Å²) in [6.07, 6.45) is 0.776. The molecule has 0 aliphatic rings. The standard InChI is InChI=1S/C18H24N4O3S/c1-5-12(4)19-17(25)21-15(23)10-26-18-20-14-9-7-6-8-13(14)16(24)22(18)11(2)3/h6-9,11-12H,5,10H2,1-4H3,(H2,19,21,23,25)/t12-/m0/s1. The van der Waals surface area contributed by atoms with Crippen LogP contribution in [0.25, 0.3) is 10.9 Å². The van der Waals surface area contributed by atoms with E-state index in [-0.39, 0.29) is 23.4 Å². The molecule has 0 aliphatic carbocycles. The molecule has 2 N–H and O–H groups in total. The number of carbonyl (C=O) groups is 2. The fourth-order valence-electron chi connectivity index (χ4n) is 2.34. The van der Waals surface area contributed by atoms with E-state index in [1.54, 1.807) is 22.8 Å². The maximum atomic E-state index is 12.7. The summed E-state index contributed by atoms with van der Waals surface area (Å²) in [5.41, 5.74) is 0.454. The molecule has 0 saturated carbocycles. The Balaban J connectivity index is 2.15. The van der Waals surface area contributed by atoms with Crippen LogP contribution in [-0.2, 0) is 4.79 Å². The van der Waals surface area contributed by atoms with E-state index < -0.39 is 11.9 Å². The molecule has 0 bridgehead atoms. The Morgan fingerprint density at radius 2 is 1.92 bits per heavy atom. The highest BCUT2D eigenvalue weighted by atomic mass is 32.2. The van der Waals surface area contributed by atoms with Crippen LogP contribution in [0, 0.1) is 0 Å². The van der Waals surface area contributed by atoms with Gasteiger partial charge in [-0.3, -0.25) is 19.5 Å². The van der Waals surface area contributed by atoms with Crippen LogP contribution < -0.4 is 16.2 Å². The van der Waals surface area contributed by atoms with Crippen molar-refractivity contribution >= 4 is 34.6 Å². The van der Waals surface area contributed by atoms with Crippen molar-refractivity contribution in [1.29, 1.82) is 0 Å². The normalized spacial score (nSPS) is 12.2. The molecule has 0 fully saturated rings. The SMILES string of the molecule is CC[C@H](C)NC(=O)NC(=O)CSc1nc2ccccc2c(=O)n1C(C)C. The lowest BCUT2D eigenvalue weighted by Gasteiger charge is -2.16. The zero-order valence-electron chi connectivity index (χ0n) is 15.4. The Labute approximate surface area is 156 Å². The highest BCUT2D eigenvalue weighted by Crippen LogP contribution is 2.20. The third kappa shape index (κ3) is 4.85. The van der Waals surface area contributed by atoms with Crippen LogP contribution in [0.3, 0.4) is 0 Å². The third-order valence-electron chi connectivity index (χ3n) is 3.87. The van der Waals surface area contributed by atoms with E-state index in [0.717, 1.165) is 18.2 Å². The molecule has 0 spiro atoms. The molecular weight excluding hydrogens is 352 g/mol. The van der Waals surface area contributed by atoms with Crippen LogP contribution in [0.4, 0.5) is 4.79 Å². The molecule has 140 valence electrons. The lowest BCUT2D eigenvalue weighted by molar-refractivity contribution is -0.117. The molecule has 0 radical (unpaired) electrons. The van der Waals surface area contributed by atoms with Crippen molar-refractivity contribution in [3.63, 3.8) is 0 Å². The maximum Gasteiger partial charge on any atom is 0.321 e. The minimum Gasteiger partial charge on any atom is -0.335 e. The summed E-state index contributed by atoms with van der Waals surface area (Å²) in [5, 5.41) is 5.97. The summed E-state index contributed by atoms with van der Waals surface area (Å²) in [6.45, 7) is 7.58. The van der Waals surface area contributed by atoms with Crippen LogP contribution >= 0.6 is 11.8 Å². The number of urea groups is 1. The number of para-hydroxylation sites is 1. The van der Waals surface area contributed by atoms with Crippen molar-refractivity contribution in [2.75, 3.05) is 5.75 Å². The molecule has 0 aliphatic heterocycles. The summed E-state index contributed by atoms with van der Waals surface area (Å²) >= 11 is 1.14. The van der Waals surface area contributed by atoms with Crippen molar-refractivity contribution in [3.8, 4) is 0 Å². The van der Waals surface area contributed by atoms with Gasteiger partial charge in [0.2, 0.25) is 5.91 Å². The van der Waals surface area contributed by atoms with Crippen molar-refractivity contribution in [2.24, 2.45) is 0 Å². The van der Waals surface area contributed by atoms with Crippen molar-refractivity contribution in [2.45, 2.75) is 51.4 Å². The number of fused-ring (bicyclic) bond motifs is 1. The quantitative estimate of drug-likeness (QED) is 0.597. The van der Waals surface area contributed by atoms with Gasteiger partial charge in [0, 0.05) is 12.1 Å². The number of imide groups is 1. The van der Waals surface area contributed by atoms with Crippen LogP contribution in [-0.4, -0.2) is 33.3 Å². The van der Waals surface area contributed by atoms with Gasteiger partial charge in [-0.1, -0.05) is 30.8 Å². The molecule has 26 heavy (non-hydrogen) atoms. The molecule has 3 amide bonds. The predicted molar refractivity (Wildman–Crippen MR) is 104 cm³/mol. The lowest BCUT2D eigenvalue weighted by atomic mass is 10.2. The number of hydrogen-bond acceptors (Lipinski definition) is 5. The zero-order chi connectivity index (χ0) is 19.3. The smallest absolute Gasteiger partial charge is 0.321 e. The summed E-state index contributed by atoms with van der Waals surface area (Å²) in [4.78, 5) is 41.0. The molecule has 2 aromatic rings. The number of thioether (sulfide) groups is 1. The average molecular weight is 376 g/mol. The number of amides is 3. The number of aromatic nitrogens is 2. The van der Waals surface area contributed by atoms with Crippen molar-refractivity contribution in [3.05, 3.63) is 34.6 Å². The highest BCUT2D eigenvalue weighted by Gasteiger charge is 2.16. The Morgan fingerprint density at radius 3 is 2.58 bits per heavy atom. The Bertz CT molecular complexity index is 863. The van der Waals surface area contributed by atoms with Crippen LogP contribution in [0.5, 0.6) is 0 Å². The predicted octanol–water partition coefficient (Wildman–Crippen LogP) is 2.69. The summed E-state index contributed by atoms with van der Waals surface area (Å²) < 4.78 is 1.57. The van der Waals surface area contributed by atoms with Gasteiger partial charge in [0.1, 0.15) is 0 Å². The topological polar surface area (TPSA) is 93.1 Å². The van der Waals surface area contributed by atoms with E-state index in [4.69, 9.17) is 0 Å². The van der Waals surface area contributed by atoms with Gasteiger partial charge in [-0.25, -0.2) is 9.78 Å². The van der Waals surface area contributed by atoms with Gasteiger partial charge in [-0.05, 0) is 39.3 Å². The molecule has 2 rings (SSSR count). The van der Waals surface area contributed by atoms with Gasteiger partial charge < -0.3 is 5.32 Å². The highest BCUT2D eigenvalue weighted by molar-refractivity contribution is 7.99. The molecule has 7 nitrogen and oxygen atoms in total. The number of rotatable bonds is 6. The zero-order valence-corrected chi connectivity index (χ0v) is 16.2. The van der Waals surface area contributed by atoms with Crippen molar-refractivity contribution in [1.82, 2.24) is 20.2 Å². The first-order chi connectivity index (χ1) is 12.3. The second kappa shape index (κ2) is 8.84. The minimum atomic E-state index is -0.516. The van der Waals surface area contributed by atoms with Gasteiger partial charge in [-0.2, -0.15) is 0 Å².